The van der Waals surface area contributed by atoms with E-state index in [9.17, 15) is 4.79 Å². The fourth-order valence-corrected chi connectivity index (χ4v) is 2.53. The number of carbonyl (C=O) groups is 1. The molecule has 2 amide bonds. The third kappa shape index (κ3) is 3.60. The van der Waals surface area contributed by atoms with Crippen molar-refractivity contribution in [2.24, 2.45) is 7.05 Å². The van der Waals surface area contributed by atoms with Crippen LogP contribution in [0.1, 0.15) is 23.0 Å². The normalized spacial score (nSPS) is 11.8. The van der Waals surface area contributed by atoms with Crippen molar-refractivity contribution in [3.8, 4) is 0 Å². The van der Waals surface area contributed by atoms with Gasteiger partial charge in [0.05, 0.1) is 17.4 Å². The van der Waals surface area contributed by atoms with E-state index in [1.165, 1.54) is 0 Å². The van der Waals surface area contributed by atoms with Crippen LogP contribution in [0.2, 0.25) is 0 Å². The van der Waals surface area contributed by atoms with Crippen molar-refractivity contribution in [3.05, 3.63) is 77.7 Å². The zero-order valence-corrected chi connectivity index (χ0v) is 13.6. The molecule has 0 aliphatic heterocycles. The zero-order valence-electron chi connectivity index (χ0n) is 13.6. The number of urea groups is 1. The minimum absolute atomic E-state index is 0.308. The van der Waals surface area contributed by atoms with Crippen LogP contribution in [0.15, 0.2) is 60.8 Å². The minimum Gasteiger partial charge on any atom is -0.325 e. The second kappa shape index (κ2) is 6.95. The summed E-state index contributed by atoms with van der Waals surface area (Å²) in [6, 6.07) is 16.6. The van der Waals surface area contributed by atoms with Crippen molar-refractivity contribution in [2.75, 3.05) is 5.32 Å². The molecule has 1 aromatic carbocycles. The number of carbonyl (C=O) groups excluding carboxylic acids is 1. The summed E-state index contributed by atoms with van der Waals surface area (Å²) in [5.74, 6) is 0.637. The van der Waals surface area contributed by atoms with Gasteiger partial charge in [-0.15, -0.1) is 0 Å². The van der Waals surface area contributed by atoms with Gasteiger partial charge in [-0.2, -0.15) is 5.10 Å². The van der Waals surface area contributed by atoms with Crippen LogP contribution in [0, 0.1) is 6.92 Å². The van der Waals surface area contributed by atoms with Gasteiger partial charge >= 0.3 is 6.03 Å². The maximum absolute atomic E-state index is 12.4. The average molecular weight is 321 g/mol. The number of aromatic nitrogens is 3. The summed E-state index contributed by atoms with van der Waals surface area (Å²) >= 11 is 0. The van der Waals surface area contributed by atoms with Crippen LogP contribution in [-0.2, 0) is 7.05 Å². The first-order valence-corrected chi connectivity index (χ1v) is 7.67. The number of rotatable bonds is 4. The molecule has 6 heteroatoms. The molecule has 122 valence electrons. The van der Waals surface area contributed by atoms with E-state index in [4.69, 9.17) is 0 Å². The summed E-state index contributed by atoms with van der Waals surface area (Å²) < 4.78 is 1.63. The Kier molecular flexibility index (Phi) is 4.56. The second-order valence-electron chi connectivity index (χ2n) is 5.49. The molecule has 0 radical (unpaired) electrons. The molecule has 0 spiro atoms. The first-order chi connectivity index (χ1) is 11.6. The molecule has 24 heavy (non-hydrogen) atoms. The number of hydrogen-bond donors (Lipinski definition) is 2. The van der Waals surface area contributed by atoms with Crippen LogP contribution >= 0.6 is 0 Å². The number of amides is 2. The molecule has 0 saturated carbocycles. The Morgan fingerprint density at radius 1 is 1.12 bits per heavy atom. The number of nitrogens with zero attached hydrogens (tertiary/aromatic N) is 3. The molecule has 2 heterocycles. The SMILES string of the molecule is Cc1cc(NC(=O)N[C@@H](c2ccccc2)c2ccccn2)n(C)n1. The van der Waals surface area contributed by atoms with Gasteiger partial charge in [0.2, 0.25) is 0 Å². The number of pyridine rings is 1. The van der Waals surface area contributed by atoms with E-state index in [1.54, 1.807) is 17.9 Å². The van der Waals surface area contributed by atoms with Crippen molar-refractivity contribution >= 4 is 11.8 Å². The van der Waals surface area contributed by atoms with Crippen LogP contribution < -0.4 is 10.6 Å². The molecule has 0 aliphatic rings. The molecule has 0 unspecified atom stereocenters. The Morgan fingerprint density at radius 2 is 1.88 bits per heavy atom. The van der Waals surface area contributed by atoms with E-state index in [2.05, 4.69) is 20.7 Å². The summed E-state index contributed by atoms with van der Waals surface area (Å²) in [6.45, 7) is 1.88. The fourth-order valence-electron chi connectivity index (χ4n) is 2.53. The lowest BCUT2D eigenvalue weighted by Crippen LogP contribution is -2.34. The fraction of sp³-hybridized carbons (Fsp3) is 0.167. The maximum atomic E-state index is 12.4. The summed E-state index contributed by atoms with van der Waals surface area (Å²) in [7, 11) is 1.79. The molecule has 1 atom stereocenters. The summed E-state index contributed by atoms with van der Waals surface area (Å²) in [5.41, 5.74) is 2.59. The highest BCUT2D eigenvalue weighted by Gasteiger charge is 2.18. The minimum atomic E-state index is -0.332. The highest BCUT2D eigenvalue weighted by atomic mass is 16.2. The molecule has 3 rings (SSSR count). The Balaban J connectivity index is 1.82. The lowest BCUT2D eigenvalue weighted by atomic mass is 10.0. The third-order valence-corrected chi connectivity index (χ3v) is 3.64. The number of benzene rings is 1. The van der Waals surface area contributed by atoms with E-state index in [0.29, 0.717) is 5.82 Å². The van der Waals surface area contributed by atoms with Crippen molar-refractivity contribution in [1.29, 1.82) is 0 Å². The Morgan fingerprint density at radius 3 is 2.50 bits per heavy atom. The maximum Gasteiger partial charge on any atom is 0.321 e. The number of nitrogens with one attached hydrogen (secondary N) is 2. The quantitative estimate of drug-likeness (QED) is 0.776. The Hall–Kier alpha value is -3.15. The van der Waals surface area contributed by atoms with Crippen molar-refractivity contribution in [2.45, 2.75) is 13.0 Å². The molecular weight excluding hydrogens is 302 g/mol. The highest BCUT2D eigenvalue weighted by Crippen LogP contribution is 2.20. The monoisotopic (exact) mass is 321 g/mol. The van der Waals surface area contributed by atoms with Crippen LogP contribution in [0.25, 0.3) is 0 Å². The first-order valence-electron chi connectivity index (χ1n) is 7.67. The highest BCUT2D eigenvalue weighted by molar-refractivity contribution is 5.88. The molecule has 0 aliphatic carbocycles. The van der Waals surface area contributed by atoms with Gasteiger partial charge in [0.15, 0.2) is 0 Å². The van der Waals surface area contributed by atoms with Gasteiger partial charge in [-0.05, 0) is 24.6 Å². The predicted octanol–water partition coefficient (Wildman–Crippen LogP) is 3.03. The number of aryl methyl sites for hydroxylation is 2. The second-order valence-corrected chi connectivity index (χ2v) is 5.49. The molecule has 0 saturated heterocycles. The van der Waals surface area contributed by atoms with E-state index in [-0.39, 0.29) is 12.1 Å². The van der Waals surface area contributed by atoms with Crippen LogP contribution in [-0.4, -0.2) is 20.8 Å². The number of hydrogen-bond acceptors (Lipinski definition) is 3. The molecule has 2 N–H and O–H groups in total. The summed E-state index contributed by atoms with van der Waals surface area (Å²) in [5, 5.41) is 10.0. The summed E-state index contributed by atoms with van der Waals surface area (Å²) in [4.78, 5) is 16.8. The van der Waals surface area contributed by atoms with Crippen molar-refractivity contribution < 1.29 is 4.79 Å². The standard InChI is InChI=1S/C18H19N5O/c1-13-12-16(23(2)22-13)20-18(24)21-17(14-8-4-3-5-9-14)15-10-6-7-11-19-15/h3-12,17H,1-2H3,(H2,20,21,24)/t17-/m0/s1. The molecule has 6 nitrogen and oxygen atoms in total. The van der Waals surface area contributed by atoms with Gasteiger partial charge in [-0.25, -0.2) is 4.79 Å². The topological polar surface area (TPSA) is 71.8 Å². The van der Waals surface area contributed by atoms with E-state index >= 15 is 0 Å². The van der Waals surface area contributed by atoms with Crippen LogP contribution in [0.4, 0.5) is 10.6 Å². The van der Waals surface area contributed by atoms with Crippen LogP contribution in [0.5, 0.6) is 0 Å². The molecule has 3 aromatic rings. The van der Waals surface area contributed by atoms with E-state index in [1.807, 2.05) is 61.5 Å². The first kappa shape index (κ1) is 15.7. The smallest absolute Gasteiger partial charge is 0.321 e. The van der Waals surface area contributed by atoms with Gasteiger partial charge in [0.1, 0.15) is 5.82 Å². The van der Waals surface area contributed by atoms with Gasteiger partial charge in [-0.3, -0.25) is 15.0 Å². The Bertz CT molecular complexity index is 774. The molecule has 0 bridgehead atoms. The van der Waals surface area contributed by atoms with Gasteiger partial charge in [0, 0.05) is 19.3 Å². The van der Waals surface area contributed by atoms with Gasteiger partial charge in [0.25, 0.3) is 0 Å². The summed E-state index contributed by atoms with van der Waals surface area (Å²) in [6.07, 6.45) is 1.72. The number of anilines is 1. The zero-order chi connectivity index (χ0) is 16.9. The predicted molar refractivity (Wildman–Crippen MR) is 92.6 cm³/mol. The Labute approximate surface area is 140 Å². The lowest BCUT2D eigenvalue weighted by molar-refractivity contribution is 0.249. The van der Waals surface area contributed by atoms with E-state index in [0.717, 1.165) is 17.0 Å². The molecule has 0 fully saturated rings. The van der Waals surface area contributed by atoms with Gasteiger partial charge in [-0.1, -0.05) is 36.4 Å². The average Bonchev–Trinajstić information content (AvgIpc) is 2.91. The van der Waals surface area contributed by atoms with Crippen molar-refractivity contribution in [3.63, 3.8) is 0 Å². The lowest BCUT2D eigenvalue weighted by Gasteiger charge is -2.19. The molecule has 2 aromatic heterocycles. The van der Waals surface area contributed by atoms with E-state index < -0.39 is 0 Å². The van der Waals surface area contributed by atoms with Gasteiger partial charge < -0.3 is 5.32 Å². The largest absolute Gasteiger partial charge is 0.325 e. The third-order valence-electron chi connectivity index (χ3n) is 3.64. The van der Waals surface area contributed by atoms with Crippen LogP contribution in [0.3, 0.4) is 0 Å². The van der Waals surface area contributed by atoms with Crippen molar-refractivity contribution in [1.82, 2.24) is 20.1 Å². The molecular formula is C18H19N5O.